The first kappa shape index (κ1) is 19.8. The fourth-order valence-electron chi connectivity index (χ4n) is 3.05. The predicted molar refractivity (Wildman–Crippen MR) is 107 cm³/mol. The van der Waals surface area contributed by atoms with Gasteiger partial charge in [0.15, 0.2) is 0 Å². The molecule has 0 saturated carbocycles. The molecule has 0 aliphatic carbocycles. The third kappa shape index (κ3) is 5.07. The zero-order chi connectivity index (χ0) is 19.8. The number of benzene rings is 2. The molecule has 2 amide bonds. The Kier molecular flexibility index (Phi) is 6.97. The third-order valence-corrected chi connectivity index (χ3v) is 4.47. The molecule has 3 rings (SSSR count). The Morgan fingerprint density at radius 1 is 1.25 bits per heavy atom. The molecule has 1 aliphatic heterocycles. The van der Waals surface area contributed by atoms with Crippen LogP contribution in [0.2, 0.25) is 0 Å². The number of rotatable bonds is 7. The van der Waals surface area contributed by atoms with Gasteiger partial charge in [-0.25, -0.2) is 5.43 Å². The molecule has 1 aliphatic rings. The molecular weight excluding hydrogens is 358 g/mol. The maximum Gasteiger partial charge on any atom is 0.329 e. The summed E-state index contributed by atoms with van der Waals surface area (Å²) in [5.74, 6) is -0.861. The summed E-state index contributed by atoms with van der Waals surface area (Å²) in [4.78, 5) is 23.8. The lowest BCUT2D eigenvalue weighted by atomic mass is 10.0. The Balaban J connectivity index is 1.65. The van der Waals surface area contributed by atoms with Crippen molar-refractivity contribution in [3.05, 3.63) is 42.0 Å². The number of hydrogen-bond acceptors (Lipinski definition) is 5. The van der Waals surface area contributed by atoms with Crippen molar-refractivity contribution in [1.29, 1.82) is 0 Å². The summed E-state index contributed by atoms with van der Waals surface area (Å²) in [6, 6.07) is 11.7. The van der Waals surface area contributed by atoms with Gasteiger partial charge in [-0.15, -0.1) is 0 Å². The average Bonchev–Trinajstić information content (AvgIpc) is 3.24. The minimum absolute atomic E-state index is 0.0193. The van der Waals surface area contributed by atoms with Crippen molar-refractivity contribution in [3.8, 4) is 5.75 Å². The van der Waals surface area contributed by atoms with Crippen LogP contribution >= 0.6 is 0 Å². The second-order valence-corrected chi connectivity index (χ2v) is 6.59. The maximum absolute atomic E-state index is 11.9. The molecule has 7 nitrogen and oxygen atoms in total. The summed E-state index contributed by atoms with van der Waals surface area (Å²) in [5.41, 5.74) is 3.03. The SMILES string of the molecule is CCCOc1ccc2ccccc2c1/C=N\NC(=O)C(=O)NC[C@@H]1CCCO1. The average molecular weight is 383 g/mol. The van der Waals surface area contributed by atoms with Gasteiger partial charge in [-0.05, 0) is 36.1 Å². The fourth-order valence-corrected chi connectivity index (χ4v) is 3.05. The van der Waals surface area contributed by atoms with Crippen LogP contribution in [0.3, 0.4) is 0 Å². The second kappa shape index (κ2) is 9.85. The van der Waals surface area contributed by atoms with E-state index in [1.165, 1.54) is 6.21 Å². The molecule has 148 valence electrons. The van der Waals surface area contributed by atoms with Crippen molar-refractivity contribution in [2.75, 3.05) is 19.8 Å². The summed E-state index contributed by atoms with van der Waals surface area (Å²) < 4.78 is 11.2. The van der Waals surface area contributed by atoms with Gasteiger partial charge in [0.2, 0.25) is 0 Å². The Bertz CT molecular complexity index is 860. The van der Waals surface area contributed by atoms with E-state index in [2.05, 4.69) is 15.8 Å². The number of amides is 2. The van der Waals surface area contributed by atoms with Gasteiger partial charge in [-0.1, -0.05) is 37.3 Å². The molecule has 1 atom stereocenters. The van der Waals surface area contributed by atoms with Crippen molar-refractivity contribution in [2.45, 2.75) is 32.3 Å². The molecular formula is C21H25N3O4. The zero-order valence-electron chi connectivity index (χ0n) is 15.9. The lowest BCUT2D eigenvalue weighted by Gasteiger charge is -2.11. The van der Waals surface area contributed by atoms with E-state index in [0.717, 1.165) is 35.6 Å². The Morgan fingerprint density at radius 2 is 2.11 bits per heavy atom. The zero-order valence-corrected chi connectivity index (χ0v) is 15.9. The van der Waals surface area contributed by atoms with Crippen LogP contribution in [-0.2, 0) is 14.3 Å². The van der Waals surface area contributed by atoms with Crippen LogP contribution < -0.4 is 15.5 Å². The lowest BCUT2D eigenvalue weighted by molar-refractivity contribution is -0.139. The fraction of sp³-hybridized carbons (Fsp3) is 0.381. The standard InChI is InChI=1S/C21H25N3O4/c1-2-11-28-19-10-9-15-6-3-4-8-17(15)18(19)14-23-24-21(26)20(25)22-13-16-7-5-12-27-16/h3-4,6,8-10,14,16H,2,5,7,11-13H2,1H3,(H,22,25)(H,24,26)/b23-14-/t16-/m0/s1. The van der Waals surface area contributed by atoms with E-state index in [4.69, 9.17) is 9.47 Å². The van der Waals surface area contributed by atoms with Crippen LogP contribution in [0.4, 0.5) is 0 Å². The summed E-state index contributed by atoms with van der Waals surface area (Å²) in [7, 11) is 0. The van der Waals surface area contributed by atoms with E-state index in [1.54, 1.807) is 0 Å². The Hall–Kier alpha value is -2.93. The summed E-state index contributed by atoms with van der Waals surface area (Å²) in [5, 5.41) is 8.52. The van der Waals surface area contributed by atoms with Crippen LogP contribution in [0.5, 0.6) is 5.75 Å². The first-order valence-corrected chi connectivity index (χ1v) is 9.56. The number of hydrogen-bond donors (Lipinski definition) is 2. The van der Waals surface area contributed by atoms with Crippen LogP contribution in [0.25, 0.3) is 10.8 Å². The van der Waals surface area contributed by atoms with Crippen LogP contribution in [0, 0.1) is 0 Å². The van der Waals surface area contributed by atoms with E-state index in [-0.39, 0.29) is 6.10 Å². The maximum atomic E-state index is 11.9. The van der Waals surface area contributed by atoms with Gasteiger partial charge in [-0.2, -0.15) is 5.10 Å². The van der Waals surface area contributed by atoms with Crippen molar-refractivity contribution in [3.63, 3.8) is 0 Å². The van der Waals surface area contributed by atoms with E-state index < -0.39 is 11.8 Å². The summed E-state index contributed by atoms with van der Waals surface area (Å²) in [6.45, 7) is 3.64. The smallest absolute Gasteiger partial charge is 0.329 e. The molecule has 2 N–H and O–H groups in total. The van der Waals surface area contributed by atoms with Gasteiger partial charge in [0.05, 0.1) is 18.9 Å². The quantitative estimate of drug-likeness (QED) is 0.436. The highest BCUT2D eigenvalue weighted by atomic mass is 16.5. The van der Waals surface area contributed by atoms with Gasteiger partial charge >= 0.3 is 11.8 Å². The van der Waals surface area contributed by atoms with Crippen LogP contribution in [-0.4, -0.2) is 43.9 Å². The number of nitrogens with zero attached hydrogens (tertiary/aromatic N) is 1. The normalized spacial score (nSPS) is 16.4. The van der Waals surface area contributed by atoms with Crippen molar-refractivity contribution in [1.82, 2.24) is 10.7 Å². The number of ether oxygens (including phenoxy) is 2. The number of fused-ring (bicyclic) bond motifs is 1. The molecule has 0 aromatic heterocycles. The van der Waals surface area contributed by atoms with Gasteiger partial charge in [-0.3, -0.25) is 9.59 Å². The van der Waals surface area contributed by atoms with Gasteiger partial charge in [0.25, 0.3) is 0 Å². The first-order chi connectivity index (χ1) is 13.7. The molecule has 2 aromatic rings. The number of hydrazone groups is 1. The van der Waals surface area contributed by atoms with Crippen molar-refractivity contribution >= 4 is 28.8 Å². The molecule has 7 heteroatoms. The minimum atomic E-state index is -0.814. The summed E-state index contributed by atoms with van der Waals surface area (Å²) in [6.07, 6.45) is 4.24. The highest BCUT2D eigenvalue weighted by Crippen LogP contribution is 2.26. The van der Waals surface area contributed by atoms with Crippen molar-refractivity contribution in [2.24, 2.45) is 5.10 Å². The van der Waals surface area contributed by atoms with Crippen LogP contribution in [0.1, 0.15) is 31.7 Å². The molecule has 0 bridgehead atoms. The first-order valence-electron chi connectivity index (χ1n) is 9.56. The van der Waals surface area contributed by atoms with Gasteiger partial charge < -0.3 is 14.8 Å². The lowest BCUT2D eigenvalue weighted by Crippen LogP contribution is -2.41. The monoisotopic (exact) mass is 383 g/mol. The number of carbonyl (C=O) groups excluding carboxylic acids is 2. The van der Waals surface area contributed by atoms with Crippen LogP contribution in [0.15, 0.2) is 41.5 Å². The molecule has 1 saturated heterocycles. The number of carbonyl (C=O) groups is 2. The molecule has 0 radical (unpaired) electrons. The molecule has 28 heavy (non-hydrogen) atoms. The largest absolute Gasteiger partial charge is 0.493 e. The molecule has 1 fully saturated rings. The van der Waals surface area contributed by atoms with Gasteiger partial charge in [0.1, 0.15) is 5.75 Å². The third-order valence-electron chi connectivity index (χ3n) is 4.47. The minimum Gasteiger partial charge on any atom is -0.493 e. The molecule has 1 heterocycles. The topological polar surface area (TPSA) is 89.0 Å². The summed E-state index contributed by atoms with van der Waals surface area (Å²) >= 11 is 0. The van der Waals surface area contributed by atoms with E-state index in [1.807, 2.05) is 43.3 Å². The Labute approximate surface area is 164 Å². The van der Waals surface area contributed by atoms with E-state index >= 15 is 0 Å². The highest BCUT2D eigenvalue weighted by molar-refractivity contribution is 6.35. The predicted octanol–water partition coefficient (Wildman–Crippen LogP) is 2.37. The van der Waals surface area contributed by atoms with Crippen molar-refractivity contribution < 1.29 is 19.1 Å². The van der Waals surface area contributed by atoms with E-state index in [0.29, 0.717) is 25.5 Å². The molecule has 0 spiro atoms. The molecule has 0 unspecified atom stereocenters. The second-order valence-electron chi connectivity index (χ2n) is 6.59. The van der Waals surface area contributed by atoms with E-state index in [9.17, 15) is 9.59 Å². The number of nitrogens with one attached hydrogen (secondary N) is 2. The highest BCUT2D eigenvalue weighted by Gasteiger charge is 2.19. The molecule has 2 aromatic carbocycles. The Morgan fingerprint density at radius 3 is 2.89 bits per heavy atom. The van der Waals surface area contributed by atoms with Gasteiger partial charge in [0, 0.05) is 18.7 Å².